The van der Waals surface area contributed by atoms with Crippen LogP contribution >= 0.6 is 0 Å². The average molecular weight is 224 g/mol. The van der Waals surface area contributed by atoms with Gasteiger partial charge < -0.3 is 4.57 Å². The summed E-state index contributed by atoms with van der Waals surface area (Å²) >= 11 is 0. The predicted molar refractivity (Wildman–Crippen MR) is 71.8 cm³/mol. The first-order chi connectivity index (χ1) is 8.27. The van der Waals surface area contributed by atoms with Crippen molar-refractivity contribution in [3.8, 4) is 0 Å². The lowest BCUT2D eigenvalue weighted by Gasteiger charge is -2.11. The quantitative estimate of drug-likeness (QED) is 0.723. The fraction of sp³-hybridized carbons (Fsp3) is 0.267. The van der Waals surface area contributed by atoms with Crippen LogP contribution in [0.2, 0.25) is 0 Å². The summed E-state index contributed by atoms with van der Waals surface area (Å²) < 4.78 is 2.10. The molecule has 1 aliphatic rings. The maximum absolute atomic E-state index is 4.47. The number of hydrogen-bond donors (Lipinski definition) is 0. The van der Waals surface area contributed by atoms with Gasteiger partial charge in [0.1, 0.15) is 5.65 Å². The molecule has 0 radical (unpaired) electrons. The van der Waals surface area contributed by atoms with E-state index in [2.05, 4.69) is 54.0 Å². The number of fused-ring (bicyclic) bond motifs is 1. The molecule has 2 aromatic heterocycles. The van der Waals surface area contributed by atoms with Crippen LogP contribution in [0, 0.1) is 6.92 Å². The van der Waals surface area contributed by atoms with Gasteiger partial charge >= 0.3 is 0 Å². The van der Waals surface area contributed by atoms with Crippen molar-refractivity contribution < 1.29 is 0 Å². The molecule has 0 aromatic carbocycles. The van der Waals surface area contributed by atoms with E-state index in [1.54, 1.807) is 0 Å². The number of rotatable bonds is 1. The predicted octanol–water partition coefficient (Wildman–Crippen LogP) is 3.62. The second-order valence-electron chi connectivity index (χ2n) is 4.64. The van der Waals surface area contributed by atoms with E-state index in [1.807, 2.05) is 6.20 Å². The molecule has 0 N–H and O–H groups in total. The van der Waals surface area contributed by atoms with Gasteiger partial charge in [0.25, 0.3) is 0 Å². The Balaban J connectivity index is 2.29. The maximum atomic E-state index is 4.47. The zero-order chi connectivity index (χ0) is 11.8. The fourth-order valence-electron chi connectivity index (χ4n) is 2.62. The lowest BCUT2D eigenvalue weighted by Crippen LogP contribution is -1.92. The van der Waals surface area contributed by atoms with Crippen molar-refractivity contribution in [2.24, 2.45) is 7.05 Å². The number of nitrogens with zero attached hydrogens (tertiary/aromatic N) is 2. The van der Waals surface area contributed by atoms with Gasteiger partial charge in [-0.1, -0.05) is 18.2 Å². The van der Waals surface area contributed by atoms with Gasteiger partial charge in [-0.05, 0) is 42.5 Å². The minimum absolute atomic E-state index is 1.08. The van der Waals surface area contributed by atoms with Gasteiger partial charge in [0.05, 0.1) is 0 Å². The molecule has 17 heavy (non-hydrogen) atoms. The topological polar surface area (TPSA) is 17.8 Å². The Morgan fingerprint density at radius 2 is 2.24 bits per heavy atom. The number of allylic oxidation sites excluding steroid dienone is 4. The zero-order valence-corrected chi connectivity index (χ0v) is 10.3. The molecule has 2 heteroatoms. The molecule has 0 fully saturated rings. The highest BCUT2D eigenvalue weighted by Gasteiger charge is 2.12. The zero-order valence-electron chi connectivity index (χ0n) is 10.3. The highest BCUT2D eigenvalue weighted by Crippen LogP contribution is 2.31. The third-order valence-corrected chi connectivity index (χ3v) is 3.41. The number of aromatic nitrogens is 2. The minimum Gasteiger partial charge on any atom is -0.335 e. The number of hydrogen-bond acceptors (Lipinski definition) is 1. The van der Waals surface area contributed by atoms with Crippen LogP contribution in [0.4, 0.5) is 0 Å². The van der Waals surface area contributed by atoms with Crippen molar-refractivity contribution in [3.63, 3.8) is 0 Å². The van der Waals surface area contributed by atoms with E-state index in [9.17, 15) is 0 Å². The molecule has 86 valence electrons. The standard InChI is InChI=1S/C15H16N2/c1-11-10-17(2)15-14(11)13(8-9-16-15)12-6-4-3-5-7-12/h3-4,6,8-10H,5,7H2,1-2H3. The monoisotopic (exact) mass is 224 g/mol. The lowest BCUT2D eigenvalue weighted by atomic mass is 9.95. The van der Waals surface area contributed by atoms with E-state index < -0.39 is 0 Å². The van der Waals surface area contributed by atoms with Gasteiger partial charge in [-0.25, -0.2) is 4.98 Å². The van der Waals surface area contributed by atoms with Gasteiger partial charge in [-0.15, -0.1) is 0 Å². The van der Waals surface area contributed by atoms with Gasteiger partial charge in [-0.2, -0.15) is 0 Å². The molecule has 0 aliphatic heterocycles. The highest BCUT2D eigenvalue weighted by molar-refractivity contribution is 5.93. The Morgan fingerprint density at radius 1 is 1.35 bits per heavy atom. The molecule has 0 amide bonds. The van der Waals surface area contributed by atoms with Crippen LogP contribution in [-0.2, 0) is 7.05 Å². The molecule has 0 saturated carbocycles. The summed E-state index contributed by atoms with van der Waals surface area (Å²) in [5.41, 5.74) is 5.16. The highest BCUT2D eigenvalue weighted by atomic mass is 15.0. The molecule has 3 rings (SSSR count). The van der Waals surface area contributed by atoms with Crippen molar-refractivity contribution in [2.75, 3.05) is 0 Å². The summed E-state index contributed by atoms with van der Waals surface area (Å²) in [6.07, 6.45) is 12.9. The molecule has 0 saturated heterocycles. The molecule has 0 unspecified atom stereocenters. The molecule has 2 aromatic rings. The van der Waals surface area contributed by atoms with E-state index in [0.29, 0.717) is 0 Å². The molecular formula is C15H16N2. The molecule has 0 spiro atoms. The smallest absolute Gasteiger partial charge is 0.140 e. The number of pyridine rings is 1. The van der Waals surface area contributed by atoms with Crippen molar-refractivity contribution >= 4 is 16.6 Å². The molecule has 1 aliphatic carbocycles. The third kappa shape index (κ3) is 1.60. The molecule has 0 bridgehead atoms. The van der Waals surface area contributed by atoms with Crippen molar-refractivity contribution in [2.45, 2.75) is 19.8 Å². The number of aryl methyl sites for hydroxylation is 2. The van der Waals surface area contributed by atoms with Crippen LogP contribution in [0.5, 0.6) is 0 Å². The Hall–Kier alpha value is -1.83. The Morgan fingerprint density at radius 3 is 3.00 bits per heavy atom. The lowest BCUT2D eigenvalue weighted by molar-refractivity contribution is 0.944. The van der Waals surface area contributed by atoms with E-state index in [-0.39, 0.29) is 0 Å². The van der Waals surface area contributed by atoms with E-state index in [1.165, 1.54) is 22.1 Å². The van der Waals surface area contributed by atoms with Crippen molar-refractivity contribution in [1.29, 1.82) is 0 Å². The first-order valence-corrected chi connectivity index (χ1v) is 6.04. The first kappa shape index (κ1) is 10.3. The second kappa shape index (κ2) is 3.88. The first-order valence-electron chi connectivity index (χ1n) is 6.04. The minimum atomic E-state index is 1.08. The van der Waals surface area contributed by atoms with Crippen molar-refractivity contribution in [1.82, 2.24) is 9.55 Å². The third-order valence-electron chi connectivity index (χ3n) is 3.41. The van der Waals surface area contributed by atoms with Gasteiger partial charge in [0.2, 0.25) is 0 Å². The van der Waals surface area contributed by atoms with Crippen LogP contribution in [0.15, 0.2) is 36.7 Å². The molecule has 0 atom stereocenters. The van der Waals surface area contributed by atoms with E-state index in [0.717, 1.165) is 18.5 Å². The van der Waals surface area contributed by atoms with Crippen LogP contribution in [0.3, 0.4) is 0 Å². The van der Waals surface area contributed by atoms with E-state index in [4.69, 9.17) is 0 Å². The SMILES string of the molecule is Cc1cn(C)c2nccc(C3=CC=CCC3)c12. The van der Waals surface area contributed by atoms with Crippen LogP contribution in [0.1, 0.15) is 24.0 Å². The summed E-state index contributed by atoms with van der Waals surface area (Å²) in [5, 5.41) is 1.30. The molecular weight excluding hydrogens is 208 g/mol. The van der Waals surface area contributed by atoms with Crippen LogP contribution < -0.4 is 0 Å². The summed E-state index contributed by atoms with van der Waals surface area (Å²) in [5.74, 6) is 0. The Labute approximate surface area is 101 Å². The van der Waals surface area contributed by atoms with Crippen LogP contribution in [-0.4, -0.2) is 9.55 Å². The fourth-order valence-corrected chi connectivity index (χ4v) is 2.62. The summed E-state index contributed by atoms with van der Waals surface area (Å²) in [6, 6.07) is 2.14. The normalized spacial score (nSPS) is 15.3. The summed E-state index contributed by atoms with van der Waals surface area (Å²) in [7, 11) is 2.06. The largest absolute Gasteiger partial charge is 0.335 e. The van der Waals surface area contributed by atoms with E-state index >= 15 is 0 Å². The van der Waals surface area contributed by atoms with Crippen LogP contribution in [0.25, 0.3) is 16.6 Å². The van der Waals surface area contributed by atoms with Crippen molar-refractivity contribution in [3.05, 3.63) is 47.8 Å². The summed E-state index contributed by atoms with van der Waals surface area (Å²) in [6.45, 7) is 2.16. The Bertz CT molecular complexity index is 630. The van der Waals surface area contributed by atoms with Gasteiger partial charge in [0.15, 0.2) is 0 Å². The average Bonchev–Trinajstić information content (AvgIpc) is 2.66. The second-order valence-corrected chi connectivity index (χ2v) is 4.64. The summed E-state index contributed by atoms with van der Waals surface area (Å²) in [4.78, 5) is 4.47. The molecule has 2 nitrogen and oxygen atoms in total. The maximum Gasteiger partial charge on any atom is 0.140 e. The molecule has 2 heterocycles. The Kier molecular flexibility index (Phi) is 2.36. The van der Waals surface area contributed by atoms with Gasteiger partial charge in [-0.3, -0.25) is 0 Å². The van der Waals surface area contributed by atoms with Gasteiger partial charge in [0, 0.05) is 24.8 Å².